The Hall–Kier alpha value is -1.87. The number of fused-ring (bicyclic) bond motifs is 1. The van der Waals surface area contributed by atoms with E-state index in [9.17, 15) is 0 Å². The maximum absolute atomic E-state index is 6.00. The Morgan fingerprint density at radius 1 is 1.05 bits per heavy atom. The predicted molar refractivity (Wildman–Crippen MR) is 90.7 cm³/mol. The minimum atomic E-state index is -0.250. The summed E-state index contributed by atoms with van der Waals surface area (Å²) in [4.78, 5) is 0. The Labute approximate surface area is 136 Å². The number of rotatable bonds is 3. The van der Waals surface area contributed by atoms with Crippen LogP contribution in [0.15, 0.2) is 42.6 Å². The number of hydrogen-bond acceptors (Lipinski definition) is 2. The molecule has 1 aromatic carbocycles. The van der Waals surface area contributed by atoms with Gasteiger partial charge in [0.25, 0.3) is 0 Å². The van der Waals surface area contributed by atoms with Crippen molar-refractivity contribution < 1.29 is 0 Å². The first kappa shape index (κ1) is 15.0. The minimum absolute atomic E-state index is 0.250. The zero-order valence-electron chi connectivity index (χ0n) is 13.3. The van der Waals surface area contributed by atoms with Crippen molar-refractivity contribution in [1.82, 2.24) is 14.6 Å². The summed E-state index contributed by atoms with van der Waals surface area (Å²) in [5.41, 5.74) is 3.07. The van der Waals surface area contributed by atoms with Crippen LogP contribution in [-0.4, -0.2) is 14.6 Å². The number of hydrogen-bond donors (Lipinski definition) is 0. The van der Waals surface area contributed by atoms with Crippen LogP contribution < -0.4 is 0 Å². The van der Waals surface area contributed by atoms with Crippen molar-refractivity contribution in [2.24, 2.45) is 0 Å². The van der Waals surface area contributed by atoms with Crippen LogP contribution in [0.3, 0.4) is 0 Å². The molecule has 0 N–H and O–H groups in total. The molecule has 0 saturated carbocycles. The predicted octanol–water partition coefficient (Wildman–Crippen LogP) is 4.83. The van der Waals surface area contributed by atoms with Gasteiger partial charge in [0.1, 0.15) is 5.82 Å². The highest BCUT2D eigenvalue weighted by molar-refractivity contribution is 6.30. The minimum Gasteiger partial charge on any atom is -0.285 e. The lowest BCUT2D eigenvalue weighted by Crippen LogP contribution is -2.22. The fourth-order valence-corrected chi connectivity index (χ4v) is 2.94. The lowest BCUT2D eigenvalue weighted by atomic mass is 9.84. The van der Waals surface area contributed by atoms with Crippen LogP contribution in [0.5, 0.6) is 0 Å². The highest BCUT2D eigenvalue weighted by Crippen LogP contribution is 2.32. The number of aromatic nitrogens is 3. The SMILES string of the molecule is CC(C)c1cccn2c(C(C)(C)c3ccc(Cl)cc3)nnc12. The van der Waals surface area contributed by atoms with Gasteiger partial charge in [-0.15, -0.1) is 10.2 Å². The van der Waals surface area contributed by atoms with Gasteiger partial charge in [-0.25, -0.2) is 0 Å². The summed E-state index contributed by atoms with van der Waals surface area (Å²) >= 11 is 6.00. The summed E-state index contributed by atoms with van der Waals surface area (Å²) < 4.78 is 2.10. The fourth-order valence-electron chi connectivity index (χ4n) is 2.81. The Morgan fingerprint density at radius 2 is 1.73 bits per heavy atom. The van der Waals surface area contributed by atoms with Crippen molar-refractivity contribution in [1.29, 1.82) is 0 Å². The van der Waals surface area contributed by atoms with E-state index in [1.165, 1.54) is 11.1 Å². The van der Waals surface area contributed by atoms with E-state index in [0.29, 0.717) is 5.92 Å². The number of halogens is 1. The summed E-state index contributed by atoms with van der Waals surface area (Å²) in [7, 11) is 0. The first-order valence-corrected chi connectivity index (χ1v) is 7.89. The summed E-state index contributed by atoms with van der Waals surface area (Å²) in [6.07, 6.45) is 2.04. The van der Waals surface area contributed by atoms with Crippen LogP contribution in [0.4, 0.5) is 0 Å². The molecule has 0 atom stereocenters. The van der Waals surface area contributed by atoms with Gasteiger partial charge >= 0.3 is 0 Å². The van der Waals surface area contributed by atoms with E-state index in [1.54, 1.807) is 0 Å². The number of pyridine rings is 1. The van der Waals surface area contributed by atoms with Gasteiger partial charge in [0.15, 0.2) is 5.65 Å². The number of nitrogens with zero attached hydrogens (tertiary/aromatic N) is 3. The van der Waals surface area contributed by atoms with Crippen molar-refractivity contribution in [3.63, 3.8) is 0 Å². The maximum Gasteiger partial charge on any atom is 0.164 e. The molecule has 0 radical (unpaired) electrons. The Morgan fingerprint density at radius 3 is 2.36 bits per heavy atom. The molecule has 2 heterocycles. The smallest absolute Gasteiger partial charge is 0.164 e. The third-order valence-electron chi connectivity index (χ3n) is 4.21. The zero-order valence-corrected chi connectivity index (χ0v) is 14.1. The normalized spacial score (nSPS) is 12.3. The van der Waals surface area contributed by atoms with E-state index in [2.05, 4.69) is 66.6 Å². The van der Waals surface area contributed by atoms with Gasteiger partial charge in [-0.1, -0.05) is 43.6 Å². The molecule has 2 aromatic heterocycles. The van der Waals surface area contributed by atoms with Gasteiger partial charge in [-0.05, 0) is 49.1 Å². The molecule has 3 rings (SSSR count). The van der Waals surface area contributed by atoms with Gasteiger partial charge < -0.3 is 0 Å². The molecule has 3 nitrogen and oxygen atoms in total. The molecule has 0 saturated heterocycles. The average molecular weight is 314 g/mol. The molecule has 0 fully saturated rings. The summed E-state index contributed by atoms with van der Waals surface area (Å²) in [5.74, 6) is 1.35. The maximum atomic E-state index is 6.00. The van der Waals surface area contributed by atoms with E-state index in [1.807, 2.05) is 18.3 Å². The Balaban J connectivity index is 2.17. The highest BCUT2D eigenvalue weighted by Gasteiger charge is 2.29. The van der Waals surface area contributed by atoms with Crippen LogP contribution in [0.1, 0.15) is 50.6 Å². The molecule has 0 amide bonds. The molecule has 22 heavy (non-hydrogen) atoms. The fraction of sp³-hybridized carbons (Fsp3) is 0.333. The van der Waals surface area contributed by atoms with Crippen molar-refractivity contribution in [3.05, 3.63) is 64.6 Å². The van der Waals surface area contributed by atoms with Crippen LogP contribution in [0.2, 0.25) is 5.02 Å². The Kier molecular flexibility index (Phi) is 3.69. The van der Waals surface area contributed by atoms with Crippen molar-refractivity contribution in [2.45, 2.75) is 39.0 Å². The second-order valence-corrected chi connectivity index (χ2v) is 6.90. The topological polar surface area (TPSA) is 30.2 Å². The van der Waals surface area contributed by atoms with Gasteiger partial charge in [-0.2, -0.15) is 0 Å². The largest absolute Gasteiger partial charge is 0.285 e. The van der Waals surface area contributed by atoms with Gasteiger partial charge in [0.05, 0.1) is 5.41 Å². The number of benzene rings is 1. The summed E-state index contributed by atoms with van der Waals surface area (Å²) in [5, 5.41) is 9.67. The van der Waals surface area contributed by atoms with E-state index < -0.39 is 0 Å². The van der Waals surface area contributed by atoms with Crippen LogP contribution in [0.25, 0.3) is 5.65 Å². The lowest BCUT2D eigenvalue weighted by molar-refractivity contribution is 0.582. The van der Waals surface area contributed by atoms with Crippen LogP contribution >= 0.6 is 11.6 Å². The van der Waals surface area contributed by atoms with E-state index in [4.69, 9.17) is 11.6 Å². The molecule has 0 aliphatic carbocycles. The van der Waals surface area contributed by atoms with E-state index in [0.717, 1.165) is 16.5 Å². The molecule has 0 aliphatic rings. The monoisotopic (exact) mass is 313 g/mol. The molecule has 0 aliphatic heterocycles. The highest BCUT2D eigenvalue weighted by atomic mass is 35.5. The third-order valence-corrected chi connectivity index (χ3v) is 4.46. The second-order valence-electron chi connectivity index (χ2n) is 6.47. The first-order valence-electron chi connectivity index (χ1n) is 7.51. The molecular formula is C18H20ClN3. The van der Waals surface area contributed by atoms with E-state index in [-0.39, 0.29) is 5.41 Å². The van der Waals surface area contributed by atoms with Crippen molar-refractivity contribution in [2.75, 3.05) is 0 Å². The third kappa shape index (κ3) is 2.40. The molecule has 0 spiro atoms. The zero-order chi connectivity index (χ0) is 15.9. The molecule has 3 aromatic rings. The lowest BCUT2D eigenvalue weighted by Gasteiger charge is -2.23. The quantitative estimate of drug-likeness (QED) is 0.693. The molecular weight excluding hydrogens is 294 g/mol. The van der Waals surface area contributed by atoms with E-state index >= 15 is 0 Å². The first-order chi connectivity index (χ1) is 10.4. The van der Waals surface area contributed by atoms with Gasteiger partial charge in [0.2, 0.25) is 0 Å². The van der Waals surface area contributed by atoms with Gasteiger partial charge in [-0.3, -0.25) is 4.40 Å². The average Bonchev–Trinajstić information content (AvgIpc) is 2.92. The molecule has 0 bridgehead atoms. The van der Waals surface area contributed by atoms with Crippen molar-refractivity contribution >= 4 is 17.2 Å². The van der Waals surface area contributed by atoms with Crippen LogP contribution in [0, 0.1) is 0 Å². The molecule has 114 valence electrons. The molecule has 4 heteroatoms. The van der Waals surface area contributed by atoms with Gasteiger partial charge in [0, 0.05) is 11.2 Å². The summed E-state index contributed by atoms with van der Waals surface area (Å²) in [6.45, 7) is 8.67. The molecule has 0 unspecified atom stereocenters. The van der Waals surface area contributed by atoms with Crippen molar-refractivity contribution in [3.8, 4) is 0 Å². The van der Waals surface area contributed by atoms with Crippen LogP contribution in [-0.2, 0) is 5.41 Å². The standard InChI is InChI=1S/C18H20ClN3/c1-12(2)15-6-5-11-22-16(15)20-21-17(22)18(3,4)13-7-9-14(19)10-8-13/h5-12H,1-4H3. The second kappa shape index (κ2) is 5.40. The summed E-state index contributed by atoms with van der Waals surface area (Å²) in [6, 6.07) is 12.1. The Bertz CT molecular complexity index is 801.